The summed E-state index contributed by atoms with van der Waals surface area (Å²) in [7, 11) is 0. The van der Waals surface area contributed by atoms with Gasteiger partial charge in [-0.2, -0.15) is 0 Å². The van der Waals surface area contributed by atoms with Crippen LogP contribution in [0.1, 0.15) is 113 Å². The van der Waals surface area contributed by atoms with E-state index in [1.54, 1.807) is 18.2 Å². The number of phenols is 1. The number of carbonyl (C=O) groups excluding carboxylic acids is 3. The molecule has 0 saturated heterocycles. The number of hydrogen-bond donors (Lipinski definition) is 2. The number of anilines is 1. The molecule has 240 valence electrons. The summed E-state index contributed by atoms with van der Waals surface area (Å²) in [6, 6.07) is 6.90. The van der Waals surface area contributed by atoms with E-state index >= 15 is 0 Å². The fraction of sp³-hybridized carbons (Fsp3) is 0.711. The van der Waals surface area contributed by atoms with Crippen LogP contribution in [-0.4, -0.2) is 28.9 Å². The Morgan fingerprint density at radius 1 is 0.909 bits per heavy atom. The number of nitrogens with one attached hydrogen (secondary N) is 1. The second kappa shape index (κ2) is 9.93. The van der Waals surface area contributed by atoms with E-state index in [0.29, 0.717) is 18.0 Å². The molecule has 0 aromatic heterocycles. The zero-order valence-electron chi connectivity index (χ0n) is 28.1. The number of ketones is 1. The lowest BCUT2D eigenvalue weighted by atomic mass is 9.33. The van der Waals surface area contributed by atoms with Crippen LogP contribution in [0.2, 0.25) is 0 Å². The molecule has 6 heteroatoms. The van der Waals surface area contributed by atoms with Gasteiger partial charge in [0.2, 0.25) is 5.91 Å². The Kier molecular flexibility index (Phi) is 7.08. The topological polar surface area (TPSA) is 92.7 Å². The molecule has 4 saturated carbocycles. The molecule has 44 heavy (non-hydrogen) atoms. The highest BCUT2D eigenvalue weighted by Crippen LogP contribution is 2.75. The van der Waals surface area contributed by atoms with Crippen molar-refractivity contribution in [3.05, 3.63) is 35.9 Å². The molecule has 9 atom stereocenters. The average molecular weight is 604 g/mol. The van der Waals surface area contributed by atoms with E-state index in [9.17, 15) is 19.5 Å². The third-order valence-corrected chi connectivity index (χ3v) is 14.5. The summed E-state index contributed by atoms with van der Waals surface area (Å²) >= 11 is 0. The number of carbonyl (C=O) groups is 3. The zero-order chi connectivity index (χ0) is 32.1. The van der Waals surface area contributed by atoms with Crippen molar-refractivity contribution in [2.24, 2.45) is 50.2 Å². The number of ether oxygens (including phenoxy) is 1. The van der Waals surface area contributed by atoms with E-state index < -0.39 is 5.41 Å². The molecule has 0 radical (unpaired) electrons. The highest BCUT2D eigenvalue weighted by atomic mass is 16.5. The molecule has 0 unspecified atom stereocenters. The Bertz CT molecular complexity index is 1430. The Morgan fingerprint density at radius 3 is 2.27 bits per heavy atom. The fourth-order valence-electron chi connectivity index (χ4n) is 11.6. The van der Waals surface area contributed by atoms with Crippen LogP contribution in [0.4, 0.5) is 5.69 Å². The maximum Gasteiger partial charge on any atom is 0.302 e. The van der Waals surface area contributed by atoms with Crippen molar-refractivity contribution in [3.8, 4) is 5.75 Å². The van der Waals surface area contributed by atoms with Crippen LogP contribution >= 0.6 is 0 Å². The van der Waals surface area contributed by atoms with Gasteiger partial charge >= 0.3 is 5.97 Å². The molecule has 1 aromatic carbocycles. The van der Waals surface area contributed by atoms with Crippen LogP contribution in [0.15, 0.2) is 35.9 Å². The first-order chi connectivity index (χ1) is 20.4. The molecular formula is C38H53NO5. The third-order valence-electron chi connectivity index (χ3n) is 14.5. The number of allylic oxidation sites excluding steroid dienone is 2. The number of amides is 1. The molecule has 2 N–H and O–H groups in total. The van der Waals surface area contributed by atoms with Crippen LogP contribution < -0.4 is 5.32 Å². The van der Waals surface area contributed by atoms with E-state index in [0.717, 1.165) is 51.4 Å². The standard InChI is InChI=1S/C38H53NO5/c1-23(40)44-30-14-15-36(6)29(33(30,2)3)13-16-38(8)31(36)28(42)21-24-25-22-35(5,18-17-34(25,4)19-20-37(24,38)7)32(43)39-26-11-9-10-12-27(26)41/h9-12,21,25,29-31,41H,13-20,22H2,1-8H3,(H,39,43)/t25-,29-,30-,31-,34-,35+,36-,37+,38-/m1/s1. The van der Waals surface area contributed by atoms with Gasteiger partial charge in [-0.1, -0.05) is 66.2 Å². The molecule has 6 rings (SSSR count). The highest BCUT2D eigenvalue weighted by Gasteiger charge is 2.70. The second-order valence-electron chi connectivity index (χ2n) is 17.2. The maximum atomic E-state index is 14.6. The minimum absolute atomic E-state index is 0.0503. The van der Waals surface area contributed by atoms with Crippen molar-refractivity contribution >= 4 is 23.3 Å². The zero-order valence-corrected chi connectivity index (χ0v) is 28.1. The van der Waals surface area contributed by atoms with Crippen molar-refractivity contribution in [1.82, 2.24) is 0 Å². The Hall–Kier alpha value is -2.63. The molecule has 0 aliphatic heterocycles. The van der Waals surface area contributed by atoms with Gasteiger partial charge in [-0.3, -0.25) is 14.4 Å². The molecular weight excluding hydrogens is 550 g/mol. The van der Waals surface area contributed by atoms with Gasteiger partial charge in [0, 0.05) is 23.7 Å². The van der Waals surface area contributed by atoms with Gasteiger partial charge in [0.15, 0.2) is 5.78 Å². The highest BCUT2D eigenvalue weighted by molar-refractivity contribution is 5.97. The Labute approximate surface area is 263 Å². The molecule has 0 spiro atoms. The van der Waals surface area contributed by atoms with E-state index in [1.807, 2.05) is 6.07 Å². The van der Waals surface area contributed by atoms with Crippen molar-refractivity contribution < 1.29 is 24.2 Å². The van der Waals surface area contributed by atoms with Crippen LogP contribution in [-0.2, 0) is 19.1 Å². The number of aromatic hydroxyl groups is 1. The Balaban J connectivity index is 1.35. The number of fused-ring (bicyclic) bond motifs is 7. The number of phenolic OH excluding ortho intramolecular Hbond substituents is 1. The van der Waals surface area contributed by atoms with Gasteiger partial charge in [0.05, 0.1) is 5.69 Å². The largest absolute Gasteiger partial charge is 0.506 e. The molecule has 0 bridgehead atoms. The smallest absolute Gasteiger partial charge is 0.302 e. The summed E-state index contributed by atoms with van der Waals surface area (Å²) in [5.74, 6) is 0.425. The summed E-state index contributed by atoms with van der Waals surface area (Å²) in [6.07, 6.45) is 10.2. The number of benzene rings is 1. The van der Waals surface area contributed by atoms with E-state index in [-0.39, 0.29) is 68.4 Å². The number of rotatable bonds is 3. The summed E-state index contributed by atoms with van der Waals surface area (Å²) in [5, 5.41) is 13.4. The van der Waals surface area contributed by atoms with Gasteiger partial charge in [0.25, 0.3) is 0 Å². The predicted octanol–water partition coefficient (Wildman–Crippen LogP) is 8.24. The fourth-order valence-corrected chi connectivity index (χ4v) is 11.6. The third kappa shape index (κ3) is 4.28. The molecule has 1 aromatic rings. The lowest BCUT2D eigenvalue weighted by molar-refractivity contribution is -0.210. The minimum Gasteiger partial charge on any atom is -0.506 e. The Morgan fingerprint density at radius 2 is 1.59 bits per heavy atom. The first-order valence-corrected chi connectivity index (χ1v) is 16.9. The van der Waals surface area contributed by atoms with Gasteiger partial charge in [-0.25, -0.2) is 0 Å². The first-order valence-electron chi connectivity index (χ1n) is 16.9. The normalized spacial score (nSPS) is 44.2. The summed E-state index contributed by atoms with van der Waals surface area (Å²) in [6.45, 7) is 17.7. The van der Waals surface area contributed by atoms with E-state index in [1.165, 1.54) is 12.5 Å². The molecule has 5 aliphatic carbocycles. The first kappa shape index (κ1) is 31.4. The molecule has 6 nitrogen and oxygen atoms in total. The number of para-hydroxylation sites is 2. The van der Waals surface area contributed by atoms with Crippen molar-refractivity contribution in [2.75, 3.05) is 5.32 Å². The van der Waals surface area contributed by atoms with Gasteiger partial charge in [-0.15, -0.1) is 0 Å². The quantitative estimate of drug-likeness (QED) is 0.268. The monoisotopic (exact) mass is 603 g/mol. The number of esters is 1. The van der Waals surface area contributed by atoms with Crippen molar-refractivity contribution in [2.45, 2.75) is 119 Å². The van der Waals surface area contributed by atoms with Crippen LogP contribution in [0.3, 0.4) is 0 Å². The van der Waals surface area contributed by atoms with Gasteiger partial charge in [0.1, 0.15) is 11.9 Å². The number of hydrogen-bond acceptors (Lipinski definition) is 5. The minimum atomic E-state index is -0.602. The summed E-state index contributed by atoms with van der Waals surface area (Å²) in [5.41, 5.74) is 0.482. The summed E-state index contributed by atoms with van der Waals surface area (Å²) in [4.78, 5) is 40.5. The van der Waals surface area contributed by atoms with Gasteiger partial charge < -0.3 is 15.2 Å². The van der Waals surface area contributed by atoms with E-state index in [4.69, 9.17) is 4.74 Å². The van der Waals surface area contributed by atoms with Crippen molar-refractivity contribution in [3.63, 3.8) is 0 Å². The second-order valence-corrected chi connectivity index (χ2v) is 17.2. The van der Waals surface area contributed by atoms with Crippen LogP contribution in [0.5, 0.6) is 5.75 Å². The predicted molar refractivity (Wildman–Crippen MR) is 172 cm³/mol. The molecule has 0 heterocycles. The van der Waals surface area contributed by atoms with E-state index in [2.05, 4.69) is 59.9 Å². The SMILES string of the molecule is CC(=O)O[C@@H]1CC[C@]2(C)[C@H](CC[C@]3(C)[C@@H]2C(=O)C=C2[C@H]4C[C@@](C)(C(=O)Nc5ccccc5O)CC[C@]4(C)CC[C@@]23C)C1(C)C. The summed E-state index contributed by atoms with van der Waals surface area (Å²) < 4.78 is 5.86. The van der Waals surface area contributed by atoms with Crippen LogP contribution in [0.25, 0.3) is 0 Å². The van der Waals surface area contributed by atoms with Crippen LogP contribution in [0, 0.1) is 50.2 Å². The lowest BCUT2D eigenvalue weighted by Gasteiger charge is -2.70. The maximum absolute atomic E-state index is 14.6. The molecule has 1 amide bonds. The average Bonchev–Trinajstić information content (AvgIpc) is 2.93. The molecule has 4 fully saturated rings. The van der Waals surface area contributed by atoms with Crippen molar-refractivity contribution in [1.29, 1.82) is 0 Å². The molecule has 5 aliphatic rings. The van der Waals surface area contributed by atoms with Gasteiger partial charge in [-0.05, 0) is 109 Å². The lowest BCUT2D eigenvalue weighted by Crippen LogP contribution is -2.66.